The van der Waals surface area contributed by atoms with Gasteiger partial charge >= 0.3 is 0 Å². The lowest BCUT2D eigenvalue weighted by Gasteiger charge is -2.41. The Morgan fingerprint density at radius 3 is 2.82 bits per heavy atom. The highest BCUT2D eigenvalue weighted by atomic mass is 16.5. The molecule has 1 saturated heterocycles. The van der Waals surface area contributed by atoms with Gasteiger partial charge in [-0.2, -0.15) is 5.26 Å². The Hall–Kier alpha value is -0.630. The van der Waals surface area contributed by atoms with Crippen LogP contribution in [0.25, 0.3) is 0 Å². The molecule has 0 aromatic heterocycles. The van der Waals surface area contributed by atoms with Gasteiger partial charge in [0.2, 0.25) is 0 Å². The fraction of sp³-hybridized carbons (Fsp3) is 0.923. The highest BCUT2D eigenvalue weighted by molar-refractivity contribution is 5.06. The Morgan fingerprint density at radius 2 is 2.29 bits per heavy atom. The number of nitrogens with one attached hydrogen (secondary N) is 1. The number of hydrogen-bond acceptors (Lipinski definition) is 4. The molecule has 17 heavy (non-hydrogen) atoms. The van der Waals surface area contributed by atoms with Crippen molar-refractivity contribution >= 4 is 0 Å². The topological polar surface area (TPSA) is 48.3 Å². The molecule has 1 rings (SSSR count). The van der Waals surface area contributed by atoms with Crippen LogP contribution in [0.2, 0.25) is 0 Å². The second kappa shape index (κ2) is 5.81. The number of ether oxygens (including phenoxy) is 1. The number of likely N-dealkylation sites (N-methyl/N-ethyl adjacent to an activating group) is 1. The van der Waals surface area contributed by atoms with E-state index in [4.69, 9.17) is 4.74 Å². The van der Waals surface area contributed by atoms with Crippen LogP contribution in [0.4, 0.5) is 0 Å². The first-order valence-electron chi connectivity index (χ1n) is 6.41. The lowest BCUT2D eigenvalue weighted by Crippen LogP contribution is -2.55. The Kier molecular flexibility index (Phi) is 4.93. The van der Waals surface area contributed by atoms with Crippen molar-refractivity contribution < 1.29 is 4.74 Å². The smallest absolute Gasteiger partial charge is 0.116 e. The monoisotopic (exact) mass is 239 g/mol. The Labute approximate surface area is 105 Å². The van der Waals surface area contributed by atoms with E-state index in [1.165, 1.54) is 0 Å². The van der Waals surface area contributed by atoms with Gasteiger partial charge < -0.3 is 4.74 Å². The first-order valence-corrected chi connectivity index (χ1v) is 6.41. The molecule has 0 saturated carbocycles. The summed E-state index contributed by atoms with van der Waals surface area (Å²) < 4.78 is 5.57. The van der Waals surface area contributed by atoms with Gasteiger partial charge in [0.05, 0.1) is 11.7 Å². The lowest BCUT2D eigenvalue weighted by atomic mass is 9.93. The third-order valence-corrected chi connectivity index (χ3v) is 3.58. The van der Waals surface area contributed by atoms with Crippen molar-refractivity contribution in [3.05, 3.63) is 0 Å². The second-order valence-electron chi connectivity index (χ2n) is 5.44. The van der Waals surface area contributed by atoms with Gasteiger partial charge in [0.15, 0.2) is 0 Å². The van der Waals surface area contributed by atoms with Crippen molar-refractivity contribution in [2.24, 2.45) is 0 Å². The van der Waals surface area contributed by atoms with Crippen LogP contribution in [0.5, 0.6) is 0 Å². The minimum absolute atomic E-state index is 0.0547. The van der Waals surface area contributed by atoms with Crippen LogP contribution in [-0.2, 0) is 4.74 Å². The van der Waals surface area contributed by atoms with Gasteiger partial charge in [-0.25, -0.2) is 0 Å². The van der Waals surface area contributed by atoms with Crippen molar-refractivity contribution in [1.29, 1.82) is 5.26 Å². The van der Waals surface area contributed by atoms with E-state index < -0.39 is 5.54 Å². The van der Waals surface area contributed by atoms with Gasteiger partial charge in [-0.3, -0.25) is 10.2 Å². The Bertz CT molecular complexity index is 289. The molecule has 0 radical (unpaired) electrons. The molecule has 0 bridgehead atoms. The fourth-order valence-electron chi connectivity index (χ4n) is 2.58. The molecule has 4 heteroatoms. The summed E-state index contributed by atoms with van der Waals surface area (Å²) in [4.78, 5) is 2.33. The Morgan fingerprint density at radius 1 is 1.59 bits per heavy atom. The molecule has 1 heterocycles. The summed E-state index contributed by atoms with van der Waals surface area (Å²) in [5.74, 6) is 0. The van der Waals surface area contributed by atoms with Crippen LogP contribution in [0.15, 0.2) is 0 Å². The summed E-state index contributed by atoms with van der Waals surface area (Å²) in [6.07, 6.45) is 2.24. The zero-order valence-corrected chi connectivity index (χ0v) is 11.5. The summed E-state index contributed by atoms with van der Waals surface area (Å²) in [6, 6.07) is 2.38. The summed E-state index contributed by atoms with van der Waals surface area (Å²) in [5.41, 5.74) is -0.512. The average molecular weight is 239 g/mol. The third kappa shape index (κ3) is 3.95. The van der Waals surface area contributed by atoms with Gasteiger partial charge in [-0.15, -0.1) is 0 Å². The average Bonchev–Trinajstić information content (AvgIpc) is 2.29. The van der Waals surface area contributed by atoms with Crippen LogP contribution >= 0.6 is 0 Å². The highest BCUT2D eigenvalue weighted by Gasteiger charge is 2.34. The number of piperidine rings is 1. The normalized spacial score (nSPS) is 29.6. The maximum absolute atomic E-state index is 9.26. The van der Waals surface area contributed by atoms with Crippen molar-refractivity contribution in [2.45, 2.75) is 44.8 Å². The van der Waals surface area contributed by atoms with Crippen LogP contribution in [-0.4, -0.2) is 49.3 Å². The maximum atomic E-state index is 9.26. The van der Waals surface area contributed by atoms with Crippen LogP contribution in [0.1, 0.15) is 33.6 Å². The standard InChI is InChI=1S/C13H25N3O/c1-5-15-12(2,9-14)10-16-8-6-7-13(3,11-16)17-4/h15H,5-8,10-11H2,1-4H3. The van der Waals surface area contributed by atoms with E-state index in [0.717, 1.165) is 39.0 Å². The van der Waals surface area contributed by atoms with E-state index in [1.54, 1.807) is 7.11 Å². The SMILES string of the molecule is CCNC(C)(C#N)CN1CCCC(C)(OC)C1. The molecule has 1 fully saturated rings. The zero-order chi connectivity index (χ0) is 12.9. The number of likely N-dealkylation sites (tertiary alicyclic amines) is 1. The molecule has 0 aliphatic carbocycles. The van der Waals surface area contributed by atoms with Crippen LogP contribution < -0.4 is 5.32 Å². The molecule has 4 nitrogen and oxygen atoms in total. The minimum Gasteiger partial charge on any atom is -0.377 e. The van der Waals surface area contributed by atoms with Gasteiger partial charge in [-0.05, 0) is 39.8 Å². The first-order chi connectivity index (χ1) is 7.97. The number of hydrogen-bond donors (Lipinski definition) is 1. The van der Waals surface area contributed by atoms with E-state index in [1.807, 2.05) is 13.8 Å². The quantitative estimate of drug-likeness (QED) is 0.787. The molecule has 1 aliphatic heterocycles. The predicted octanol–water partition coefficient (Wildman–Crippen LogP) is 1.38. The molecule has 2 unspecified atom stereocenters. The summed E-state index contributed by atoms with van der Waals surface area (Å²) >= 11 is 0. The number of methoxy groups -OCH3 is 1. The molecule has 0 aromatic carbocycles. The van der Waals surface area contributed by atoms with E-state index in [2.05, 4.69) is 23.2 Å². The predicted molar refractivity (Wildman–Crippen MR) is 68.8 cm³/mol. The number of nitrogens with zero attached hydrogens (tertiary/aromatic N) is 2. The number of nitriles is 1. The van der Waals surface area contributed by atoms with E-state index in [0.29, 0.717) is 0 Å². The molecule has 0 amide bonds. The second-order valence-corrected chi connectivity index (χ2v) is 5.44. The molecular weight excluding hydrogens is 214 g/mol. The molecule has 0 spiro atoms. The molecular formula is C13H25N3O. The molecule has 1 aliphatic rings. The molecule has 98 valence electrons. The maximum Gasteiger partial charge on any atom is 0.116 e. The lowest BCUT2D eigenvalue weighted by molar-refractivity contribution is -0.0537. The van der Waals surface area contributed by atoms with E-state index in [9.17, 15) is 5.26 Å². The first kappa shape index (κ1) is 14.4. The van der Waals surface area contributed by atoms with Crippen molar-refractivity contribution in [3.63, 3.8) is 0 Å². The molecule has 1 N–H and O–H groups in total. The summed E-state index contributed by atoms with van der Waals surface area (Å²) in [7, 11) is 1.78. The van der Waals surface area contributed by atoms with Crippen molar-refractivity contribution in [2.75, 3.05) is 33.3 Å². The molecule has 2 atom stereocenters. The Balaban J connectivity index is 2.59. The summed E-state index contributed by atoms with van der Waals surface area (Å²) in [6.45, 7) is 9.69. The largest absolute Gasteiger partial charge is 0.377 e. The zero-order valence-electron chi connectivity index (χ0n) is 11.5. The molecule has 0 aromatic rings. The van der Waals surface area contributed by atoms with Crippen LogP contribution in [0.3, 0.4) is 0 Å². The van der Waals surface area contributed by atoms with Gasteiger partial charge in [-0.1, -0.05) is 6.92 Å². The number of rotatable bonds is 5. The van der Waals surface area contributed by atoms with Crippen LogP contribution in [0, 0.1) is 11.3 Å². The minimum atomic E-state index is -0.458. The van der Waals surface area contributed by atoms with E-state index in [-0.39, 0.29) is 5.60 Å². The third-order valence-electron chi connectivity index (χ3n) is 3.58. The van der Waals surface area contributed by atoms with Gasteiger partial charge in [0.25, 0.3) is 0 Å². The van der Waals surface area contributed by atoms with Gasteiger partial charge in [0.1, 0.15) is 5.54 Å². The van der Waals surface area contributed by atoms with Crippen molar-refractivity contribution in [1.82, 2.24) is 10.2 Å². The van der Waals surface area contributed by atoms with Gasteiger partial charge in [0, 0.05) is 20.2 Å². The van der Waals surface area contributed by atoms with E-state index >= 15 is 0 Å². The highest BCUT2D eigenvalue weighted by Crippen LogP contribution is 2.24. The fourth-order valence-corrected chi connectivity index (χ4v) is 2.58. The summed E-state index contributed by atoms with van der Waals surface area (Å²) in [5, 5.41) is 12.5. The van der Waals surface area contributed by atoms with Crippen molar-refractivity contribution in [3.8, 4) is 6.07 Å².